The van der Waals surface area contributed by atoms with Gasteiger partial charge in [0, 0.05) is 33.1 Å². The van der Waals surface area contributed by atoms with E-state index in [0.717, 1.165) is 22.2 Å². The lowest BCUT2D eigenvalue weighted by atomic mass is 10.1. The molecule has 2 atom stereocenters. The van der Waals surface area contributed by atoms with Gasteiger partial charge in [0.05, 0.1) is 18.3 Å². The van der Waals surface area contributed by atoms with E-state index in [2.05, 4.69) is 20.2 Å². The predicted molar refractivity (Wildman–Crippen MR) is 113 cm³/mol. The summed E-state index contributed by atoms with van der Waals surface area (Å²) in [5, 5.41) is 6.40. The highest BCUT2D eigenvalue weighted by Crippen LogP contribution is 2.21. The van der Waals surface area contributed by atoms with Gasteiger partial charge in [-0.3, -0.25) is 4.99 Å². The number of rotatable bonds is 8. The van der Waals surface area contributed by atoms with E-state index in [1.54, 1.807) is 37.6 Å². The van der Waals surface area contributed by atoms with Gasteiger partial charge in [-0.1, -0.05) is 12.1 Å². The molecular formula is C20H30FN5OS. The first-order chi connectivity index (χ1) is 13.3. The Kier molecular flexibility index (Phi) is 8.35. The number of aromatic nitrogens is 1. The summed E-state index contributed by atoms with van der Waals surface area (Å²) in [4.78, 5) is 13.1. The summed E-state index contributed by atoms with van der Waals surface area (Å²) in [6.45, 7) is 3.23. The maximum Gasteiger partial charge on any atom is 0.193 e. The van der Waals surface area contributed by atoms with Crippen LogP contribution < -0.4 is 5.32 Å². The van der Waals surface area contributed by atoms with Crippen LogP contribution in [-0.4, -0.2) is 62.6 Å². The number of methoxy groups -OCH3 is 1. The molecular weight excluding hydrogens is 377 g/mol. The molecule has 8 heteroatoms. The Morgan fingerprint density at radius 1 is 1.36 bits per heavy atom. The maximum absolute atomic E-state index is 13.6. The zero-order chi connectivity index (χ0) is 20.7. The van der Waals surface area contributed by atoms with Crippen molar-refractivity contribution in [2.75, 3.05) is 41.8 Å². The summed E-state index contributed by atoms with van der Waals surface area (Å²) in [6, 6.07) is 6.74. The molecule has 0 radical (unpaired) electrons. The molecule has 1 N–H and O–H groups in total. The third-order valence-electron chi connectivity index (χ3n) is 4.55. The topological polar surface area (TPSA) is 53.0 Å². The number of halogens is 1. The highest BCUT2D eigenvalue weighted by molar-refractivity contribution is 7.09. The SMILES string of the molecule is CN=C(NCC(c1cccc(F)c1)N(C)C)N(C)Cc1csc(C(C)OC)n1. The summed E-state index contributed by atoms with van der Waals surface area (Å²) in [7, 11) is 9.38. The molecule has 0 aliphatic carbocycles. The highest BCUT2D eigenvalue weighted by Gasteiger charge is 2.17. The molecule has 28 heavy (non-hydrogen) atoms. The molecule has 6 nitrogen and oxygen atoms in total. The van der Waals surface area contributed by atoms with E-state index in [-0.39, 0.29) is 18.0 Å². The van der Waals surface area contributed by atoms with Gasteiger partial charge >= 0.3 is 0 Å². The minimum Gasteiger partial charge on any atom is -0.375 e. The molecule has 2 unspecified atom stereocenters. The van der Waals surface area contributed by atoms with Gasteiger partial charge in [0.1, 0.15) is 16.9 Å². The lowest BCUT2D eigenvalue weighted by Gasteiger charge is -2.28. The van der Waals surface area contributed by atoms with Gasteiger partial charge in [-0.05, 0) is 38.7 Å². The van der Waals surface area contributed by atoms with E-state index in [9.17, 15) is 4.39 Å². The largest absolute Gasteiger partial charge is 0.375 e. The molecule has 2 rings (SSSR count). The van der Waals surface area contributed by atoms with Gasteiger partial charge < -0.3 is 19.9 Å². The number of hydrogen-bond acceptors (Lipinski definition) is 5. The number of thiazole rings is 1. The Bertz CT molecular complexity index is 779. The van der Waals surface area contributed by atoms with E-state index in [1.807, 2.05) is 44.4 Å². The molecule has 0 saturated carbocycles. The van der Waals surface area contributed by atoms with Crippen LogP contribution in [0.4, 0.5) is 4.39 Å². The minimum atomic E-state index is -0.226. The standard InChI is InChI=1S/C20H30FN5OS/c1-14(27-6)19-24-17(13-28-19)12-26(5)20(22-2)23-11-18(25(3)4)15-8-7-9-16(21)10-15/h7-10,13-14,18H,11-12H2,1-6H3,(H,22,23). The highest BCUT2D eigenvalue weighted by atomic mass is 32.1. The molecule has 0 fully saturated rings. The number of nitrogens with zero attached hydrogens (tertiary/aromatic N) is 4. The van der Waals surface area contributed by atoms with Gasteiger partial charge in [0.25, 0.3) is 0 Å². The quantitative estimate of drug-likeness (QED) is 0.538. The fraction of sp³-hybridized carbons (Fsp3) is 0.500. The van der Waals surface area contributed by atoms with E-state index < -0.39 is 0 Å². The molecule has 1 aromatic heterocycles. The normalized spacial score (nSPS) is 14.2. The van der Waals surface area contributed by atoms with Crippen molar-refractivity contribution in [2.45, 2.75) is 25.6 Å². The lowest BCUT2D eigenvalue weighted by Crippen LogP contribution is -2.42. The first-order valence-corrected chi connectivity index (χ1v) is 10.0. The van der Waals surface area contributed by atoms with Crippen molar-refractivity contribution in [2.24, 2.45) is 4.99 Å². The Morgan fingerprint density at radius 2 is 2.11 bits per heavy atom. The minimum absolute atomic E-state index is 0.00592. The first kappa shape index (κ1) is 22.3. The lowest BCUT2D eigenvalue weighted by molar-refractivity contribution is 0.119. The van der Waals surface area contributed by atoms with Crippen LogP contribution in [0.2, 0.25) is 0 Å². The molecule has 2 aromatic rings. The number of benzene rings is 1. The van der Waals surface area contributed by atoms with Crippen LogP contribution in [0, 0.1) is 5.82 Å². The smallest absolute Gasteiger partial charge is 0.193 e. The van der Waals surface area contributed by atoms with E-state index in [4.69, 9.17) is 4.74 Å². The van der Waals surface area contributed by atoms with Gasteiger partial charge in [-0.25, -0.2) is 9.37 Å². The van der Waals surface area contributed by atoms with Crippen molar-refractivity contribution in [1.82, 2.24) is 20.1 Å². The summed E-state index contributed by atoms with van der Waals surface area (Å²) in [6.07, 6.45) is -0.00592. The molecule has 0 bridgehead atoms. The van der Waals surface area contributed by atoms with E-state index in [1.165, 1.54) is 6.07 Å². The molecule has 0 spiro atoms. The fourth-order valence-electron chi connectivity index (χ4n) is 2.89. The summed E-state index contributed by atoms with van der Waals surface area (Å²) in [5.74, 6) is 0.535. The van der Waals surface area contributed by atoms with Crippen molar-refractivity contribution < 1.29 is 9.13 Å². The van der Waals surface area contributed by atoms with Crippen molar-refractivity contribution in [3.63, 3.8) is 0 Å². The molecule has 0 aliphatic rings. The maximum atomic E-state index is 13.6. The van der Waals surface area contributed by atoms with Crippen LogP contribution >= 0.6 is 11.3 Å². The monoisotopic (exact) mass is 407 g/mol. The van der Waals surface area contributed by atoms with Crippen LogP contribution in [0.1, 0.15) is 35.3 Å². The zero-order valence-corrected chi connectivity index (χ0v) is 18.3. The summed E-state index contributed by atoms with van der Waals surface area (Å²) < 4.78 is 19.0. The first-order valence-electron chi connectivity index (χ1n) is 9.16. The van der Waals surface area contributed by atoms with Crippen molar-refractivity contribution >= 4 is 17.3 Å². The molecule has 154 valence electrons. The average Bonchev–Trinajstić information content (AvgIpc) is 3.12. The number of likely N-dealkylation sites (N-methyl/N-ethyl adjacent to an activating group) is 1. The number of nitrogens with one attached hydrogen (secondary N) is 1. The van der Waals surface area contributed by atoms with Crippen molar-refractivity contribution in [3.8, 4) is 0 Å². The Balaban J connectivity index is 2.01. The zero-order valence-electron chi connectivity index (χ0n) is 17.4. The summed E-state index contributed by atoms with van der Waals surface area (Å²) >= 11 is 1.60. The second kappa shape index (κ2) is 10.5. The van der Waals surface area contributed by atoms with E-state index >= 15 is 0 Å². The molecule has 0 aliphatic heterocycles. The third-order valence-corrected chi connectivity index (χ3v) is 5.61. The number of hydrogen-bond donors (Lipinski definition) is 1. The number of guanidine groups is 1. The Hall–Kier alpha value is -2.03. The number of ether oxygens (including phenoxy) is 1. The Labute approximate surface area is 171 Å². The molecule has 0 amide bonds. The van der Waals surface area contributed by atoms with Gasteiger partial charge in [0.15, 0.2) is 5.96 Å². The van der Waals surface area contributed by atoms with Crippen molar-refractivity contribution in [1.29, 1.82) is 0 Å². The summed E-state index contributed by atoms with van der Waals surface area (Å²) in [5.41, 5.74) is 1.90. The number of aliphatic imine (C=N–C) groups is 1. The van der Waals surface area contributed by atoms with Crippen LogP contribution in [0.5, 0.6) is 0 Å². The third kappa shape index (κ3) is 5.98. The molecule has 1 aromatic carbocycles. The van der Waals surface area contributed by atoms with Gasteiger partial charge in [0.2, 0.25) is 0 Å². The van der Waals surface area contributed by atoms with Gasteiger partial charge in [-0.2, -0.15) is 0 Å². The average molecular weight is 408 g/mol. The fourth-order valence-corrected chi connectivity index (χ4v) is 3.73. The Morgan fingerprint density at radius 3 is 2.71 bits per heavy atom. The van der Waals surface area contributed by atoms with Crippen molar-refractivity contribution in [3.05, 3.63) is 51.7 Å². The molecule has 0 saturated heterocycles. The van der Waals surface area contributed by atoms with Gasteiger partial charge in [-0.15, -0.1) is 11.3 Å². The predicted octanol–water partition coefficient (Wildman–Crippen LogP) is 3.30. The van der Waals surface area contributed by atoms with E-state index in [0.29, 0.717) is 13.1 Å². The second-order valence-corrected chi connectivity index (χ2v) is 7.76. The van der Waals surface area contributed by atoms with Crippen LogP contribution in [0.15, 0.2) is 34.6 Å². The van der Waals surface area contributed by atoms with Crippen LogP contribution in [0.25, 0.3) is 0 Å². The molecule has 1 heterocycles. The van der Waals surface area contributed by atoms with Crippen LogP contribution in [0.3, 0.4) is 0 Å². The van der Waals surface area contributed by atoms with Crippen LogP contribution in [-0.2, 0) is 11.3 Å². The second-order valence-electron chi connectivity index (χ2n) is 6.87.